The van der Waals surface area contributed by atoms with Gasteiger partial charge in [0.25, 0.3) is 0 Å². The van der Waals surface area contributed by atoms with Crippen molar-refractivity contribution < 1.29 is 14.7 Å². The van der Waals surface area contributed by atoms with Crippen molar-refractivity contribution in [2.24, 2.45) is 11.8 Å². The Bertz CT molecular complexity index is 277. The lowest BCUT2D eigenvalue weighted by Gasteiger charge is -2.27. The molecule has 0 aromatic rings. The van der Waals surface area contributed by atoms with Crippen LogP contribution < -0.4 is 0 Å². The second-order valence-electron chi connectivity index (χ2n) is 4.70. The largest absolute Gasteiger partial charge is 0.480 e. The molecule has 1 N–H and O–H groups in total. The lowest BCUT2D eigenvalue weighted by atomic mass is 9.92. The number of likely N-dealkylation sites (tertiary alicyclic amines) is 1. The van der Waals surface area contributed by atoms with Crippen LogP contribution in [0.15, 0.2) is 0 Å². The molecule has 1 heterocycles. The maximum Gasteiger partial charge on any atom is 0.326 e. The fraction of sp³-hybridized carbons (Fsp3) is 0.833. The number of rotatable bonds is 4. The quantitative estimate of drug-likeness (QED) is 0.796. The van der Waals surface area contributed by atoms with Crippen molar-refractivity contribution in [3.8, 4) is 0 Å². The van der Waals surface area contributed by atoms with Crippen LogP contribution in [0.4, 0.5) is 0 Å². The van der Waals surface area contributed by atoms with Gasteiger partial charge in [-0.25, -0.2) is 4.79 Å². The second-order valence-corrected chi connectivity index (χ2v) is 4.70. The summed E-state index contributed by atoms with van der Waals surface area (Å²) in [4.78, 5) is 24.6. The van der Waals surface area contributed by atoms with Gasteiger partial charge in [-0.1, -0.05) is 27.2 Å². The molecule has 1 rings (SSSR count). The molecule has 1 aliphatic rings. The van der Waals surface area contributed by atoms with Gasteiger partial charge in [-0.05, 0) is 18.8 Å². The number of hydrogen-bond donors (Lipinski definition) is 1. The maximum atomic E-state index is 12.1. The summed E-state index contributed by atoms with van der Waals surface area (Å²) >= 11 is 0. The van der Waals surface area contributed by atoms with E-state index in [1.165, 1.54) is 0 Å². The smallest absolute Gasteiger partial charge is 0.326 e. The minimum atomic E-state index is -0.873. The van der Waals surface area contributed by atoms with Crippen molar-refractivity contribution in [3.05, 3.63) is 0 Å². The summed E-state index contributed by atoms with van der Waals surface area (Å²) in [5.41, 5.74) is 0. The van der Waals surface area contributed by atoms with Crippen LogP contribution in [0.5, 0.6) is 0 Å². The number of carbonyl (C=O) groups is 2. The van der Waals surface area contributed by atoms with Gasteiger partial charge in [-0.15, -0.1) is 0 Å². The van der Waals surface area contributed by atoms with E-state index < -0.39 is 12.0 Å². The molecule has 1 amide bonds. The third-order valence-electron chi connectivity index (χ3n) is 3.71. The summed E-state index contributed by atoms with van der Waals surface area (Å²) in [5, 5.41) is 9.02. The highest BCUT2D eigenvalue weighted by molar-refractivity contribution is 5.85. The number of aliphatic carboxylic acids is 1. The Morgan fingerprint density at radius 2 is 2.06 bits per heavy atom. The number of carboxylic acids is 1. The Morgan fingerprint density at radius 1 is 1.44 bits per heavy atom. The molecule has 2 unspecified atom stereocenters. The first-order chi connectivity index (χ1) is 7.49. The number of carboxylic acid groups (broad SMARTS) is 1. The molecule has 4 heteroatoms. The van der Waals surface area contributed by atoms with Crippen LogP contribution in [0.2, 0.25) is 0 Å². The van der Waals surface area contributed by atoms with Gasteiger partial charge in [0.2, 0.25) is 5.91 Å². The number of carbonyl (C=O) groups excluding carboxylic acids is 1. The minimum Gasteiger partial charge on any atom is -0.480 e. The Hall–Kier alpha value is -1.06. The molecule has 0 spiro atoms. The number of hydrogen-bond acceptors (Lipinski definition) is 2. The Balaban J connectivity index is 2.69. The number of amides is 1. The van der Waals surface area contributed by atoms with E-state index in [-0.39, 0.29) is 11.8 Å². The van der Waals surface area contributed by atoms with E-state index in [1.807, 2.05) is 20.8 Å². The molecule has 0 radical (unpaired) electrons. The SMILES string of the molecule is CCC(C)C(C)C(=O)N1CCC[C@H]1C(=O)O. The average Bonchev–Trinajstić information content (AvgIpc) is 2.74. The highest BCUT2D eigenvalue weighted by atomic mass is 16.4. The molecule has 0 saturated carbocycles. The van der Waals surface area contributed by atoms with Gasteiger partial charge in [0, 0.05) is 12.5 Å². The zero-order valence-corrected chi connectivity index (χ0v) is 10.3. The van der Waals surface area contributed by atoms with Crippen molar-refractivity contribution in [1.29, 1.82) is 0 Å². The van der Waals surface area contributed by atoms with Crippen LogP contribution in [0, 0.1) is 11.8 Å². The Labute approximate surface area is 96.6 Å². The molecule has 1 saturated heterocycles. The molecule has 1 aliphatic heterocycles. The van der Waals surface area contributed by atoms with Crippen molar-refractivity contribution in [2.75, 3.05) is 6.54 Å². The predicted octanol–water partition coefficient (Wildman–Crippen LogP) is 1.74. The molecular weight excluding hydrogens is 206 g/mol. The lowest BCUT2D eigenvalue weighted by Crippen LogP contribution is -2.44. The third kappa shape index (κ3) is 2.54. The van der Waals surface area contributed by atoms with E-state index in [0.29, 0.717) is 18.9 Å². The summed E-state index contributed by atoms with van der Waals surface area (Å²) < 4.78 is 0. The molecule has 0 bridgehead atoms. The van der Waals surface area contributed by atoms with Gasteiger partial charge in [0.15, 0.2) is 0 Å². The van der Waals surface area contributed by atoms with E-state index >= 15 is 0 Å². The van der Waals surface area contributed by atoms with Gasteiger partial charge >= 0.3 is 5.97 Å². The van der Waals surface area contributed by atoms with Crippen LogP contribution in [-0.4, -0.2) is 34.5 Å². The molecule has 0 aromatic carbocycles. The van der Waals surface area contributed by atoms with Crippen LogP contribution in [0.25, 0.3) is 0 Å². The van der Waals surface area contributed by atoms with Gasteiger partial charge in [-0.2, -0.15) is 0 Å². The normalized spacial score (nSPS) is 24.2. The zero-order valence-electron chi connectivity index (χ0n) is 10.3. The minimum absolute atomic E-state index is 0.000694. The fourth-order valence-electron chi connectivity index (χ4n) is 2.15. The summed E-state index contributed by atoms with van der Waals surface area (Å²) in [6.45, 7) is 6.58. The van der Waals surface area contributed by atoms with Gasteiger partial charge < -0.3 is 10.0 Å². The maximum absolute atomic E-state index is 12.1. The molecule has 1 fully saturated rings. The molecule has 92 valence electrons. The monoisotopic (exact) mass is 227 g/mol. The van der Waals surface area contributed by atoms with E-state index in [9.17, 15) is 9.59 Å². The topological polar surface area (TPSA) is 57.6 Å². The van der Waals surface area contributed by atoms with E-state index in [4.69, 9.17) is 5.11 Å². The van der Waals surface area contributed by atoms with Gasteiger partial charge in [0.1, 0.15) is 6.04 Å². The van der Waals surface area contributed by atoms with E-state index in [2.05, 4.69) is 0 Å². The third-order valence-corrected chi connectivity index (χ3v) is 3.71. The van der Waals surface area contributed by atoms with Crippen molar-refractivity contribution in [2.45, 2.75) is 46.1 Å². The first-order valence-electron chi connectivity index (χ1n) is 6.02. The summed E-state index contributed by atoms with van der Waals surface area (Å²) in [6.07, 6.45) is 2.34. The molecule has 4 nitrogen and oxygen atoms in total. The Morgan fingerprint density at radius 3 is 2.56 bits per heavy atom. The van der Waals surface area contributed by atoms with Crippen LogP contribution in [0.3, 0.4) is 0 Å². The first kappa shape index (κ1) is 13.0. The van der Waals surface area contributed by atoms with Crippen LogP contribution in [0.1, 0.15) is 40.0 Å². The highest BCUT2D eigenvalue weighted by Gasteiger charge is 2.36. The lowest BCUT2D eigenvalue weighted by molar-refractivity contribution is -0.150. The van der Waals surface area contributed by atoms with Gasteiger partial charge in [-0.3, -0.25) is 4.79 Å². The Kier molecular flexibility index (Phi) is 4.33. The molecule has 0 aromatic heterocycles. The van der Waals surface area contributed by atoms with E-state index in [1.54, 1.807) is 4.90 Å². The van der Waals surface area contributed by atoms with Crippen LogP contribution in [-0.2, 0) is 9.59 Å². The number of nitrogens with zero attached hydrogens (tertiary/aromatic N) is 1. The van der Waals surface area contributed by atoms with Crippen LogP contribution >= 0.6 is 0 Å². The summed E-state index contributed by atoms with van der Waals surface area (Å²) in [6, 6.07) is -0.598. The molecular formula is C12H21NO3. The second kappa shape index (κ2) is 5.32. The standard InChI is InChI=1S/C12H21NO3/c1-4-8(2)9(3)11(14)13-7-5-6-10(13)12(15)16/h8-10H,4-7H2,1-3H3,(H,15,16)/t8?,9?,10-/m0/s1. The van der Waals surface area contributed by atoms with Crippen molar-refractivity contribution >= 4 is 11.9 Å². The molecule has 3 atom stereocenters. The van der Waals surface area contributed by atoms with Crippen molar-refractivity contribution in [1.82, 2.24) is 4.90 Å². The molecule has 0 aliphatic carbocycles. The van der Waals surface area contributed by atoms with E-state index in [0.717, 1.165) is 12.8 Å². The van der Waals surface area contributed by atoms with Crippen molar-refractivity contribution in [3.63, 3.8) is 0 Å². The van der Waals surface area contributed by atoms with Gasteiger partial charge in [0.05, 0.1) is 0 Å². The molecule has 16 heavy (non-hydrogen) atoms. The summed E-state index contributed by atoms with van der Waals surface area (Å²) in [5.74, 6) is -0.644. The average molecular weight is 227 g/mol. The summed E-state index contributed by atoms with van der Waals surface area (Å²) in [7, 11) is 0. The fourth-order valence-corrected chi connectivity index (χ4v) is 2.15. The first-order valence-corrected chi connectivity index (χ1v) is 6.02. The zero-order chi connectivity index (χ0) is 12.3. The predicted molar refractivity (Wildman–Crippen MR) is 61.0 cm³/mol. The highest BCUT2D eigenvalue weighted by Crippen LogP contribution is 2.24.